The summed E-state index contributed by atoms with van der Waals surface area (Å²) in [7, 11) is 1.34. The number of piperidine rings is 1. The summed E-state index contributed by atoms with van der Waals surface area (Å²) in [5.41, 5.74) is 0. The van der Waals surface area contributed by atoms with Gasteiger partial charge in [0.15, 0.2) is 0 Å². The zero-order valence-electron chi connectivity index (χ0n) is 12.6. The van der Waals surface area contributed by atoms with Crippen molar-refractivity contribution < 1.29 is 14.3 Å². The van der Waals surface area contributed by atoms with Crippen molar-refractivity contribution in [1.29, 1.82) is 0 Å². The van der Waals surface area contributed by atoms with E-state index in [9.17, 15) is 9.59 Å². The predicted octanol–water partition coefficient (Wildman–Crippen LogP) is 1.50. The van der Waals surface area contributed by atoms with Gasteiger partial charge in [-0.25, -0.2) is 4.79 Å². The van der Waals surface area contributed by atoms with Crippen LogP contribution in [0.1, 0.15) is 39.5 Å². The Morgan fingerprint density at radius 2 is 1.95 bits per heavy atom. The predicted molar refractivity (Wildman–Crippen MR) is 80.9 cm³/mol. The molecule has 1 heterocycles. The molecule has 1 amide bonds. The van der Waals surface area contributed by atoms with Crippen LogP contribution in [-0.4, -0.2) is 38.1 Å². The summed E-state index contributed by atoms with van der Waals surface area (Å²) < 4.78 is 4.66. The second-order valence-electron chi connectivity index (χ2n) is 5.32. The number of carbonyl (C=O) groups excluding carboxylic acids is 2. The molecule has 1 fully saturated rings. The first-order valence-corrected chi connectivity index (χ1v) is 7.16. The highest BCUT2D eigenvalue weighted by atomic mass is 35.5. The van der Waals surface area contributed by atoms with Crippen LogP contribution >= 0.6 is 12.4 Å². The smallest absolute Gasteiger partial charge is 0.328 e. The van der Waals surface area contributed by atoms with Crippen LogP contribution < -0.4 is 10.6 Å². The van der Waals surface area contributed by atoms with Crippen molar-refractivity contribution in [2.75, 3.05) is 20.2 Å². The molecule has 1 aliphatic rings. The van der Waals surface area contributed by atoms with Crippen molar-refractivity contribution in [3.05, 3.63) is 0 Å². The molecule has 5 nitrogen and oxygen atoms in total. The Bertz CT molecular complexity index is 307. The quantitative estimate of drug-likeness (QED) is 0.730. The molecule has 0 aliphatic carbocycles. The molecule has 0 aromatic heterocycles. The third kappa shape index (κ3) is 6.09. The lowest BCUT2D eigenvalue weighted by molar-refractivity contribution is -0.145. The van der Waals surface area contributed by atoms with E-state index in [2.05, 4.69) is 22.3 Å². The maximum Gasteiger partial charge on any atom is 0.328 e. The van der Waals surface area contributed by atoms with Crippen molar-refractivity contribution in [3.8, 4) is 0 Å². The second kappa shape index (κ2) is 10.00. The summed E-state index contributed by atoms with van der Waals surface area (Å²) in [5, 5.41) is 6.08. The molecule has 0 spiro atoms. The SMILES string of the molecule is CCC(NC(=O)CC(C)C1CCNCC1)C(=O)OC.Cl. The van der Waals surface area contributed by atoms with Crippen molar-refractivity contribution in [3.63, 3.8) is 0 Å². The topological polar surface area (TPSA) is 67.4 Å². The fourth-order valence-corrected chi connectivity index (χ4v) is 2.60. The fraction of sp³-hybridized carbons (Fsp3) is 0.857. The lowest BCUT2D eigenvalue weighted by Crippen LogP contribution is -2.42. The number of nitrogens with one attached hydrogen (secondary N) is 2. The first-order chi connectivity index (χ1) is 9.08. The van der Waals surface area contributed by atoms with E-state index >= 15 is 0 Å². The average molecular weight is 307 g/mol. The molecular formula is C14H27ClN2O3. The van der Waals surface area contributed by atoms with Crippen LogP contribution in [0, 0.1) is 11.8 Å². The van der Waals surface area contributed by atoms with Crippen molar-refractivity contribution in [2.24, 2.45) is 11.8 Å². The van der Waals surface area contributed by atoms with Crippen molar-refractivity contribution >= 4 is 24.3 Å². The first-order valence-electron chi connectivity index (χ1n) is 7.16. The number of carbonyl (C=O) groups is 2. The van der Waals surface area contributed by atoms with E-state index in [0.29, 0.717) is 24.7 Å². The van der Waals surface area contributed by atoms with Gasteiger partial charge in [0.05, 0.1) is 7.11 Å². The van der Waals surface area contributed by atoms with E-state index in [1.807, 2.05) is 6.92 Å². The first kappa shape index (κ1) is 19.2. The summed E-state index contributed by atoms with van der Waals surface area (Å²) >= 11 is 0. The van der Waals surface area contributed by atoms with E-state index in [1.165, 1.54) is 7.11 Å². The van der Waals surface area contributed by atoms with E-state index in [-0.39, 0.29) is 24.3 Å². The molecule has 1 rings (SSSR count). The monoisotopic (exact) mass is 306 g/mol. The lowest BCUT2D eigenvalue weighted by atomic mass is 9.84. The third-order valence-electron chi connectivity index (χ3n) is 3.93. The molecule has 20 heavy (non-hydrogen) atoms. The molecule has 1 aliphatic heterocycles. The molecular weight excluding hydrogens is 280 g/mol. The lowest BCUT2D eigenvalue weighted by Gasteiger charge is -2.28. The number of rotatable bonds is 6. The Labute approximate surface area is 127 Å². The number of halogens is 1. The second-order valence-corrected chi connectivity index (χ2v) is 5.32. The Hall–Kier alpha value is -0.810. The normalized spacial score (nSPS) is 18.6. The third-order valence-corrected chi connectivity index (χ3v) is 3.93. The summed E-state index contributed by atoms with van der Waals surface area (Å²) in [6.07, 6.45) is 3.30. The van der Waals surface area contributed by atoms with Crippen LogP contribution in [0.4, 0.5) is 0 Å². The summed E-state index contributed by atoms with van der Waals surface area (Å²) in [4.78, 5) is 23.4. The molecule has 118 valence electrons. The average Bonchev–Trinajstić information content (AvgIpc) is 2.44. The highest BCUT2D eigenvalue weighted by Crippen LogP contribution is 2.24. The summed E-state index contributed by atoms with van der Waals surface area (Å²) in [5.74, 6) is 0.538. The van der Waals surface area contributed by atoms with Crippen molar-refractivity contribution in [2.45, 2.75) is 45.6 Å². The summed E-state index contributed by atoms with van der Waals surface area (Å²) in [6, 6.07) is -0.516. The van der Waals surface area contributed by atoms with Gasteiger partial charge in [0.1, 0.15) is 6.04 Å². The number of ether oxygens (including phenoxy) is 1. The maximum absolute atomic E-state index is 12.0. The Kier molecular flexibility index (Phi) is 9.59. The maximum atomic E-state index is 12.0. The van der Waals surface area contributed by atoms with Crippen LogP contribution in [0.2, 0.25) is 0 Å². The Morgan fingerprint density at radius 1 is 1.35 bits per heavy atom. The molecule has 0 aromatic carbocycles. The van der Waals surface area contributed by atoms with Gasteiger partial charge in [0.25, 0.3) is 0 Å². The van der Waals surface area contributed by atoms with Gasteiger partial charge in [0, 0.05) is 6.42 Å². The van der Waals surface area contributed by atoms with E-state index in [4.69, 9.17) is 0 Å². The number of methoxy groups -OCH3 is 1. The molecule has 0 aromatic rings. The molecule has 6 heteroatoms. The van der Waals surface area contributed by atoms with Gasteiger partial charge < -0.3 is 15.4 Å². The van der Waals surface area contributed by atoms with Gasteiger partial charge in [-0.2, -0.15) is 0 Å². The number of amides is 1. The van der Waals surface area contributed by atoms with Gasteiger partial charge in [-0.15, -0.1) is 12.4 Å². The van der Waals surface area contributed by atoms with Gasteiger partial charge >= 0.3 is 5.97 Å². The molecule has 0 bridgehead atoms. The minimum atomic E-state index is -0.516. The highest BCUT2D eigenvalue weighted by molar-refractivity contribution is 5.85. The largest absolute Gasteiger partial charge is 0.467 e. The number of esters is 1. The molecule has 2 N–H and O–H groups in total. The number of hydrogen-bond donors (Lipinski definition) is 2. The minimum absolute atomic E-state index is 0. The Balaban J connectivity index is 0.00000361. The standard InChI is InChI=1S/C14H26N2O3.ClH/c1-4-12(14(18)19-3)16-13(17)9-10(2)11-5-7-15-8-6-11;/h10-12,15H,4-9H2,1-3H3,(H,16,17);1H. The highest BCUT2D eigenvalue weighted by Gasteiger charge is 2.24. The van der Waals surface area contributed by atoms with Crippen molar-refractivity contribution in [1.82, 2.24) is 10.6 Å². The van der Waals surface area contributed by atoms with Crippen LogP contribution in [0.25, 0.3) is 0 Å². The van der Waals surface area contributed by atoms with E-state index in [1.54, 1.807) is 0 Å². The molecule has 2 atom stereocenters. The minimum Gasteiger partial charge on any atom is -0.467 e. The van der Waals surface area contributed by atoms with Gasteiger partial charge in [-0.1, -0.05) is 13.8 Å². The van der Waals surface area contributed by atoms with Crippen LogP contribution in [0.5, 0.6) is 0 Å². The molecule has 0 radical (unpaired) electrons. The van der Waals surface area contributed by atoms with E-state index in [0.717, 1.165) is 25.9 Å². The molecule has 2 unspecified atom stereocenters. The van der Waals surface area contributed by atoms with Crippen LogP contribution in [0.3, 0.4) is 0 Å². The van der Waals surface area contributed by atoms with Gasteiger partial charge in [-0.05, 0) is 44.2 Å². The Morgan fingerprint density at radius 3 is 2.45 bits per heavy atom. The zero-order valence-corrected chi connectivity index (χ0v) is 13.4. The van der Waals surface area contributed by atoms with Crippen LogP contribution in [0.15, 0.2) is 0 Å². The summed E-state index contributed by atoms with van der Waals surface area (Å²) in [6.45, 7) is 6.06. The fourth-order valence-electron chi connectivity index (χ4n) is 2.60. The van der Waals surface area contributed by atoms with Gasteiger partial charge in [-0.3, -0.25) is 4.79 Å². The van der Waals surface area contributed by atoms with Crippen LogP contribution in [-0.2, 0) is 14.3 Å². The van der Waals surface area contributed by atoms with E-state index < -0.39 is 6.04 Å². The van der Waals surface area contributed by atoms with Gasteiger partial charge in [0.2, 0.25) is 5.91 Å². The molecule has 0 saturated carbocycles. The zero-order chi connectivity index (χ0) is 14.3. The molecule has 1 saturated heterocycles. The number of hydrogen-bond acceptors (Lipinski definition) is 4.